The number of aliphatic hydroxyl groups is 1. The minimum atomic E-state index is -0.516. The molecule has 0 aliphatic heterocycles. The Bertz CT molecular complexity index is 414. The largest absolute Gasteiger partial charge is 0.394 e. The number of nitrogens with zero attached hydrogens (tertiary/aromatic N) is 1. The molecular formula is C11H14BrFN2O2. The van der Waals surface area contributed by atoms with Crippen molar-refractivity contribution in [3.8, 4) is 0 Å². The minimum absolute atomic E-state index is 0.107. The van der Waals surface area contributed by atoms with E-state index < -0.39 is 11.8 Å². The molecule has 1 rings (SSSR count). The number of hydrogen-bond donors (Lipinski definition) is 2. The molecule has 0 saturated carbocycles. The molecule has 0 bridgehead atoms. The van der Waals surface area contributed by atoms with Crippen LogP contribution in [0.3, 0.4) is 0 Å². The summed E-state index contributed by atoms with van der Waals surface area (Å²) in [6.07, 6.45) is 0. The molecule has 1 unspecified atom stereocenters. The van der Waals surface area contributed by atoms with Gasteiger partial charge in [-0.25, -0.2) is 9.18 Å². The molecule has 2 amide bonds. The van der Waals surface area contributed by atoms with E-state index in [0.717, 1.165) is 0 Å². The van der Waals surface area contributed by atoms with E-state index in [4.69, 9.17) is 5.11 Å². The van der Waals surface area contributed by atoms with Crippen molar-refractivity contribution in [2.45, 2.75) is 13.0 Å². The number of amides is 2. The fraction of sp³-hybridized carbons (Fsp3) is 0.364. The molecule has 0 aliphatic rings. The molecule has 0 aromatic heterocycles. The summed E-state index contributed by atoms with van der Waals surface area (Å²) >= 11 is 3.13. The number of nitrogens with one attached hydrogen (secondary N) is 1. The lowest BCUT2D eigenvalue weighted by Crippen LogP contribution is -2.40. The average molecular weight is 305 g/mol. The van der Waals surface area contributed by atoms with Crippen molar-refractivity contribution in [1.82, 2.24) is 4.90 Å². The van der Waals surface area contributed by atoms with E-state index in [1.807, 2.05) is 0 Å². The van der Waals surface area contributed by atoms with Crippen LogP contribution in [0.15, 0.2) is 22.7 Å². The van der Waals surface area contributed by atoms with Crippen molar-refractivity contribution in [2.24, 2.45) is 0 Å². The molecule has 94 valence electrons. The van der Waals surface area contributed by atoms with E-state index in [1.54, 1.807) is 13.0 Å². The number of urea groups is 1. The molecular weight excluding hydrogens is 291 g/mol. The SMILES string of the molecule is CC(CO)N(C)C(=O)Nc1ccc(Br)cc1F. The van der Waals surface area contributed by atoms with Crippen molar-refractivity contribution in [3.05, 3.63) is 28.5 Å². The highest BCUT2D eigenvalue weighted by Crippen LogP contribution is 2.19. The Labute approximate surface area is 108 Å². The normalized spacial score (nSPS) is 12.1. The summed E-state index contributed by atoms with van der Waals surface area (Å²) in [6, 6.07) is 3.58. The van der Waals surface area contributed by atoms with Gasteiger partial charge in [0.05, 0.1) is 18.3 Å². The van der Waals surface area contributed by atoms with Gasteiger partial charge in [0, 0.05) is 11.5 Å². The van der Waals surface area contributed by atoms with Crippen LogP contribution in [0.5, 0.6) is 0 Å². The topological polar surface area (TPSA) is 52.6 Å². The predicted molar refractivity (Wildman–Crippen MR) is 67.4 cm³/mol. The van der Waals surface area contributed by atoms with Crippen LogP contribution < -0.4 is 5.32 Å². The van der Waals surface area contributed by atoms with E-state index in [2.05, 4.69) is 21.2 Å². The maximum Gasteiger partial charge on any atom is 0.321 e. The number of halogens is 2. The van der Waals surface area contributed by atoms with Crippen molar-refractivity contribution < 1.29 is 14.3 Å². The van der Waals surface area contributed by atoms with Gasteiger partial charge in [-0.2, -0.15) is 0 Å². The Morgan fingerprint density at radius 3 is 2.82 bits per heavy atom. The third-order valence-corrected chi connectivity index (χ3v) is 2.91. The Hall–Kier alpha value is -1.14. The van der Waals surface area contributed by atoms with Crippen LogP contribution >= 0.6 is 15.9 Å². The summed E-state index contributed by atoms with van der Waals surface area (Å²) in [7, 11) is 1.53. The van der Waals surface area contributed by atoms with Gasteiger partial charge >= 0.3 is 6.03 Å². The highest BCUT2D eigenvalue weighted by atomic mass is 79.9. The van der Waals surface area contributed by atoms with Crippen LogP contribution in [0, 0.1) is 5.82 Å². The summed E-state index contributed by atoms with van der Waals surface area (Å²) in [4.78, 5) is 13.0. The third kappa shape index (κ3) is 3.67. The summed E-state index contributed by atoms with van der Waals surface area (Å²) < 4.78 is 14.0. The average Bonchev–Trinajstić information content (AvgIpc) is 2.30. The number of hydrogen-bond acceptors (Lipinski definition) is 2. The van der Waals surface area contributed by atoms with Gasteiger partial charge < -0.3 is 15.3 Å². The van der Waals surface area contributed by atoms with Crippen LogP contribution in [-0.4, -0.2) is 35.7 Å². The van der Waals surface area contributed by atoms with Crippen LogP contribution in [-0.2, 0) is 0 Å². The number of carbonyl (C=O) groups excluding carboxylic acids is 1. The zero-order valence-corrected chi connectivity index (χ0v) is 11.2. The first-order chi connectivity index (χ1) is 7.95. The molecule has 6 heteroatoms. The first-order valence-corrected chi connectivity index (χ1v) is 5.84. The summed E-state index contributed by atoms with van der Waals surface area (Å²) in [5.41, 5.74) is 0.107. The zero-order chi connectivity index (χ0) is 13.0. The van der Waals surface area contributed by atoms with Gasteiger partial charge in [-0.15, -0.1) is 0 Å². The van der Waals surface area contributed by atoms with Gasteiger partial charge in [-0.3, -0.25) is 0 Å². The summed E-state index contributed by atoms with van der Waals surface area (Å²) in [5.74, 6) is -0.516. The van der Waals surface area contributed by atoms with E-state index >= 15 is 0 Å². The van der Waals surface area contributed by atoms with E-state index in [-0.39, 0.29) is 18.3 Å². The maximum absolute atomic E-state index is 13.4. The Balaban J connectivity index is 2.74. The van der Waals surface area contributed by atoms with E-state index in [0.29, 0.717) is 4.47 Å². The number of benzene rings is 1. The van der Waals surface area contributed by atoms with Crippen LogP contribution in [0.25, 0.3) is 0 Å². The van der Waals surface area contributed by atoms with Crippen molar-refractivity contribution in [1.29, 1.82) is 0 Å². The molecule has 4 nitrogen and oxygen atoms in total. The fourth-order valence-corrected chi connectivity index (χ4v) is 1.45. The highest BCUT2D eigenvalue weighted by Gasteiger charge is 2.16. The Kier molecular flexibility index (Phi) is 4.89. The lowest BCUT2D eigenvalue weighted by molar-refractivity contribution is 0.166. The van der Waals surface area contributed by atoms with Crippen LogP contribution in [0.4, 0.5) is 14.9 Å². The monoisotopic (exact) mass is 304 g/mol. The van der Waals surface area contributed by atoms with Gasteiger partial charge in [0.25, 0.3) is 0 Å². The Morgan fingerprint density at radius 1 is 1.65 bits per heavy atom. The van der Waals surface area contributed by atoms with E-state index in [9.17, 15) is 9.18 Å². The quantitative estimate of drug-likeness (QED) is 0.901. The second-order valence-electron chi connectivity index (χ2n) is 3.70. The first-order valence-electron chi connectivity index (χ1n) is 5.05. The van der Waals surface area contributed by atoms with Gasteiger partial charge in [0.15, 0.2) is 0 Å². The second-order valence-corrected chi connectivity index (χ2v) is 4.61. The number of carbonyl (C=O) groups is 1. The number of anilines is 1. The molecule has 1 aromatic rings. The lowest BCUT2D eigenvalue weighted by Gasteiger charge is -2.23. The second kappa shape index (κ2) is 5.97. The Morgan fingerprint density at radius 2 is 2.29 bits per heavy atom. The van der Waals surface area contributed by atoms with Crippen molar-refractivity contribution >= 4 is 27.6 Å². The van der Waals surface area contributed by atoms with Gasteiger partial charge in [-0.05, 0) is 25.1 Å². The van der Waals surface area contributed by atoms with Gasteiger partial charge in [0.1, 0.15) is 5.82 Å². The van der Waals surface area contributed by atoms with Gasteiger partial charge in [-0.1, -0.05) is 15.9 Å². The number of rotatable bonds is 3. The maximum atomic E-state index is 13.4. The number of likely N-dealkylation sites (N-methyl/N-ethyl adjacent to an activating group) is 1. The molecule has 0 aliphatic carbocycles. The minimum Gasteiger partial charge on any atom is -0.394 e. The third-order valence-electron chi connectivity index (χ3n) is 2.42. The molecule has 1 aromatic carbocycles. The first kappa shape index (κ1) is 13.9. The summed E-state index contributed by atoms with van der Waals surface area (Å²) in [6.45, 7) is 1.55. The summed E-state index contributed by atoms with van der Waals surface area (Å²) in [5, 5.41) is 11.3. The van der Waals surface area contributed by atoms with Crippen molar-refractivity contribution in [3.63, 3.8) is 0 Å². The molecule has 17 heavy (non-hydrogen) atoms. The zero-order valence-electron chi connectivity index (χ0n) is 9.58. The molecule has 0 radical (unpaired) electrons. The number of aliphatic hydroxyl groups excluding tert-OH is 1. The lowest BCUT2D eigenvalue weighted by atomic mass is 10.3. The standard InChI is InChI=1S/C11H14BrFN2O2/c1-7(6-16)15(2)11(17)14-10-4-3-8(12)5-9(10)13/h3-5,7,16H,6H2,1-2H3,(H,14,17). The van der Waals surface area contributed by atoms with Crippen LogP contribution in [0.1, 0.15) is 6.92 Å². The molecule has 1 atom stereocenters. The van der Waals surface area contributed by atoms with Gasteiger partial charge in [0.2, 0.25) is 0 Å². The molecule has 0 saturated heterocycles. The molecule has 0 fully saturated rings. The smallest absolute Gasteiger partial charge is 0.321 e. The molecule has 0 spiro atoms. The van der Waals surface area contributed by atoms with E-state index in [1.165, 1.54) is 24.1 Å². The molecule has 0 heterocycles. The van der Waals surface area contributed by atoms with Crippen molar-refractivity contribution in [2.75, 3.05) is 19.0 Å². The fourth-order valence-electron chi connectivity index (χ4n) is 1.12. The van der Waals surface area contributed by atoms with Crippen LogP contribution in [0.2, 0.25) is 0 Å². The predicted octanol–water partition coefficient (Wildman–Crippen LogP) is 2.43. The highest BCUT2D eigenvalue weighted by molar-refractivity contribution is 9.10. The molecule has 2 N–H and O–H groups in total.